The van der Waals surface area contributed by atoms with Gasteiger partial charge < -0.3 is 29.7 Å². The van der Waals surface area contributed by atoms with E-state index in [0.717, 1.165) is 32.1 Å². The molecule has 4 amide bonds. The van der Waals surface area contributed by atoms with E-state index in [4.69, 9.17) is 24.2 Å². The first kappa shape index (κ1) is 39.0. The second-order valence-corrected chi connectivity index (χ2v) is 19.2. The number of aromatic nitrogens is 2. The smallest absolute Gasteiger partial charge is 0.408 e. The van der Waals surface area contributed by atoms with Crippen LogP contribution in [0, 0.1) is 23.2 Å². The number of benzene rings is 1. The molecule has 2 aromatic rings. The summed E-state index contributed by atoms with van der Waals surface area (Å²) < 4.78 is 45.7. The number of fused-ring (bicyclic) bond motifs is 5. The lowest BCUT2D eigenvalue weighted by molar-refractivity contribution is -0.143. The van der Waals surface area contributed by atoms with Gasteiger partial charge in [0.2, 0.25) is 27.7 Å². The average molecular weight is 783 g/mol. The van der Waals surface area contributed by atoms with Gasteiger partial charge in [-0.2, -0.15) is 0 Å². The van der Waals surface area contributed by atoms with Crippen molar-refractivity contribution in [2.45, 2.75) is 134 Å². The summed E-state index contributed by atoms with van der Waals surface area (Å²) in [5, 5.41) is 5.11. The predicted octanol–water partition coefficient (Wildman–Crippen LogP) is 3.77. The highest BCUT2D eigenvalue weighted by Crippen LogP contribution is 2.47. The second kappa shape index (κ2) is 14.7. The van der Waals surface area contributed by atoms with Crippen molar-refractivity contribution in [2.75, 3.05) is 13.7 Å². The molecule has 3 N–H and O–H groups in total. The van der Waals surface area contributed by atoms with E-state index in [1.165, 1.54) is 4.90 Å². The van der Waals surface area contributed by atoms with Gasteiger partial charge in [0.25, 0.3) is 5.91 Å². The minimum absolute atomic E-state index is 0.0319. The van der Waals surface area contributed by atoms with Gasteiger partial charge in [0.15, 0.2) is 0 Å². The van der Waals surface area contributed by atoms with Gasteiger partial charge >= 0.3 is 6.09 Å². The first-order valence-corrected chi connectivity index (χ1v) is 21.3. The van der Waals surface area contributed by atoms with Gasteiger partial charge in [0.1, 0.15) is 41.3 Å². The molecular weight excluding hydrogens is 729 g/mol. The number of hydrogen-bond donors (Lipinski definition) is 3. The standard InChI is InChI=1S/C39H54N6O9S/c1-7-23-19-39(23,36(48)44-55(50,51)25-14-15-25)43-33(46)31-21(2)30-20-45(31)35(47)32(38(3,4)5)42-37(49)54-29-17-22(29)11-9-8-10-12-27-34(53-30)41-28-18-24(52-6)13-16-26(28)40-27/h13,16,18,21-23,25,29-32H,7-12,14-15,17,19-20H2,1-6H3,(H,42,49)(H,43,46)(H,44,48)/t21-,22-,23?,29-,30+,31+,32-,39-/m1/s1. The van der Waals surface area contributed by atoms with Gasteiger partial charge in [0.05, 0.1) is 29.9 Å². The molecule has 3 heterocycles. The van der Waals surface area contributed by atoms with Gasteiger partial charge in [-0.3, -0.25) is 19.1 Å². The van der Waals surface area contributed by atoms with E-state index in [-0.39, 0.29) is 30.9 Å². The Hall–Kier alpha value is -4.21. The van der Waals surface area contributed by atoms with Crippen LogP contribution in [-0.2, 0) is 35.6 Å². The molecule has 8 atom stereocenters. The third kappa shape index (κ3) is 8.06. The predicted molar refractivity (Wildman–Crippen MR) is 201 cm³/mol. The summed E-state index contributed by atoms with van der Waals surface area (Å²) in [7, 11) is -2.30. The van der Waals surface area contributed by atoms with Gasteiger partial charge in [-0.1, -0.05) is 53.9 Å². The molecule has 55 heavy (non-hydrogen) atoms. The Balaban J connectivity index is 1.24. The van der Waals surface area contributed by atoms with Crippen LogP contribution in [0.1, 0.15) is 98.1 Å². The molecule has 3 saturated carbocycles. The zero-order valence-corrected chi connectivity index (χ0v) is 33.4. The van der Waals surface area contributed by atoms with Crippen molar-refractivity contribution in [3.8, 4) is 11.6 Å². The molecule has 4 fully saturated rings. The van der Waals surface area contributed by atoms with Crippen LogP contribution < -0.4 is 24.8 Å². The molecule has 1 aromatic carbocycles. The van der Waals surface area contributed by atoms with Crippen LogP contribution in [0.25, 0.3) is 11.0 Å². The lowest BCUT2D eigenvalue weighted by Gasteiger charge is -2.36. The second-order valence-electron chi connectivity index (χ2n) is 17.2. The lowest BCUT2D eigenvalue weighted by atomic mass is 9.85. The van der Waals surface area contributed by atoms with E-state index in [1.54, 1.807) is 20.1 Å². The molecule has 2 aliphatic heterocycles. The summed E-state index contributed by atoms with van der Waals surface area (Å²) >= 11 is 0. The minimum Gasteiger partial charge on any atom is -0.497 e. The quantitative estimate of drug-likeness (QED) is 0.370. The Morgan fingerprint density at radius 1 is 1.05 bits per heavy atom. The van der Waals surface area contributed by atoms with Crippen molar-refractivity contribution >= 4 is 44.9 Å². The maximum atomic E-state index is 14.8. The largest absolute Gasteiger partial charge is 0.497 e. The maximum absolute atomic E-state index is 14.8. The summed E-state index contributed by atoms with van der Waals surface area (Å²) in [5.41, 5.74) is -0.322. The van der Waals surface area contributed by atoms with Crippen LogP contribution in [0.4, 0.5) is 4.79 Å². The van der Waals surface area contributed by atoms with Crippen molar-refractivity contribution in [3.63, 3.8) is 0 Å². The monoisotopic (exact) mass is 782 g/mol. The van der Waals surface area contributed by atoms with E-state index >= 15 is 0 Å². The fourth-order valence-electron chi connectivity index (χ4n) is 8.23. The Labute approximate surface area is 322 Å². The number of methoxy groups -OCH3 is 1. The third-order valence-corrected chi connectivity index (χ3v) is 13.9. The number of rotatable bonds is 7. The maximum Gasteiger partial charge on any atom is 0.408 e. The number of aryl methyl sites for hydroxylation is 1. The zero-order valence-electron chi connectivity index (χ0n) is 32.6. The number of hydrogen-bond acceptors (Lipinski definition) is 11. The van der Waals surface area contributed by atoms with Crippen molar-refractivity contribution in [2.24, 2.45) is 23.2 Å². The van der Waals surface area contributed by atoms with Crippen LogP contribution >= 0.6 is 0 Å². The fraction of sp³-hybridized carbons (Fsp3) is 0.692. The summed E-state index contributed by atoms with van der Waals surface area (Å²) in [4.78, 5) is 67.5. The van der Waals surface area contributed by atoms with Crippen LogP contribution in [0.5, 0.6) is 11.6 Å². The first-order valence-electron chi connectivity index (χ1n) is 19.7. The summed E-state index contributed by atoms with van der Waals surface area (Å²) in [6, 6.07) is 3.23. The molecule has 300 valence electrons. The molecule has 3 aliphatic carbocycles. The van der Waals surface area contributed by atoms with E-state index < -0.39 is 74.1 Å². The van der Waals surface area contributed by atoms with Crippen LogP contribution in [0.2, 0.25) is 0 Å². The number of carbonyl (C=O) groups is 4. The molecule has 1 aromatic heterocycles. The normalized spacial score (nSPS) is 31.4. The van der Waals surface area contributed by atoms with Crippen molar-refractivity contribution in [3.05, 3.63) is 23.9 Å². The van der Waals surface area contributed by atoms with E-state index in [1.807, 2.05) is 39.8 Å². The minimum atomic E-state index is -3.88. The van der Waals surface area contributed by atoms with Crippen molar-refractivity contribution in [1.29, 1.82) is 0 Å². The molecule has 16 heteroatoms. The molecule has 0 spiro atoms. The van der Waals surface area contributed by atoms with Crippen molar-refractivity contribution in [1.82, 2.24) is 30.2 Å². The Bertz CT molecular complexity index is 1970. The molecule has 15 nitrogen and oxygen atoms in total. The fourth-order valence-corrected chi connectivity index (χ4v) is 9.59. The van der Waals surface area contributed by atoms with Gasteiger partial charge in [-0.05, 0) is 74.3 Å². The molecule has 1 unspecified atom stereocenters. The number of ether oxygens (including phenoxy) is 3. The summed E-state index contributed by atoms with van der Waals surface area (Å²) in [5.74, 6) is -1.64. The Kier molecular flexibility index (Phi) is 10.4. The first-order chi connectivity index (χ1) is 26.0. The highest BCUT2D eigenvalue weighted by molar-refractivity contribution is 7.91. The Morgan fingerprint density at radius 3 is 2.49 bits per heavy atom. The molecule has 7 rings (SSSR count). The molecular formula is C39H54N6O9S. The number of amides is 4. The molecule has 1 saturated heterocycles. The molecule has 2 bridgehead atoms. The summed E-state index contributed by atoms with van der Waals surface area (Å²) in [6.07, 6.45) is 5.09. The average Bonchev–Trinajstić information content (AvgIpc) is 4.04. The lowest BCUT2D eigenvalue weighted by Crippen LogP contribution is -2.61. The van der Waals surface area contributed by atoms with Gasteiger partial charge in [-0.25, -0.2) is 23.2 Å². The zero-order chi connectivity index (χ0) is 39.4. The molecule has 0 radical (unpaired) electrons. The highest BCUT2D eigenvalue weighted by Gasteiger charge is 2.63. The van der Waals surface area contributed by atoms with Crippen LogP contribution in [-0.4, -0.2) is 95.8 Å². The van der Waals surface area contributed by atoms with Crippen LogP contribution in [0.3, 0.4) is 0 Å². The topological polar surface area (TPSA) is 195 Å². The van der Waals surface area contributed by atoms with E-state index in [0.29, 0.717) is 54.0 Å². The van der Waals surface area contributed by atoms with Gasteiger partial charge in [-0.15, -0.1) is 0 Å². The number of nitrogens with one attached hydrogen (secondary N) is 3. The highest BCUT2D eigenvalue weighted by atomic mass is 32.2. The molecule has 5 aliphatic rings. The van der Waals surface area contributed by atoms with Crippen LogP contribution in [0.15, 0.2) is 18.2 Å². The van der Waals surface area contributed by atoms with Gasteiger partial charge in [0, 0.05) is 12.0 Å². The SMILES string of the molecule is CCC1C[C@]1(NC(=O)[C@@H]1[C@H](C)[C@@H]2CN1C(=O)[C@H](C(C)(C)C)NC(=O)O[C@@H]1C[C@H]1CCCCCc1nc3ccc(OC)cc3nc1O2)C(=O)NS(=O)(=O)C1CC1. The Morgan fingerprint density at radius 2 is 1.82 bits per heavy atom. The van der Waals surface area contributed by atoms with Crippen molar-refractivity contribution < 1.29 is 41.8 Å². The number of alkyl carbamates (subject to hydrolysis) is 1. The van der Waals surface area contributed by atoms with E-state index in [2.05, 4.69) is 15.4 Å². The third-order valence-electron chi connectivity index (χ3n) is 12.0. The number of nitrogens with zero attached hydrogens (tertiary/aromatic N) is 3. The summed E-state index contributed by atoms with van der Waals surface area (Å²) in [6.45, 7) is 9.12. The number of sulfonamides is 1. The van der Waals surface area contributed by atoms with E-state index in [9.17, 15) is 27.6 Å². The number of carbonyl (C=O) groups excluding carboxylic acids is 4.